The van der Waals surface area contributed by atoms with Crippen LogP contribution in [0.25, 0.3) is 0 Å². The predicted molar refractivity (Wildman–Crippen MR) is 144 cm³/mol. The van der Waals surface area contributed by atoms with Gasteiger partial charge in [0, 0.05) is 51.5 Å². The lowest BCUT2D eigenvalue weighted by Crippen LogP contribution is -2.59. The van der Waals surface area contributed by atoms with Crippen LogP contribution in [0.4, 0.5) is 0 Å². The van der Waals surface area contributed by atoms with Crippen LogP contribution >= 0.6 is 0 Å². The number of rotatable bonds is 4. The fourth-order valence-corrected chi connectivity index (χ4v) is 9.44. The zero-order chi connectivity index (χ0) is 24.9. The molecule has 8 unspecified atom stereocenters. The number of hydrogen-bond donors (Lipinski definition) is 4. The summed E-state index contributed by atoms with van der Waals surface area (Å²) in [6, 6.07) is 4.56. The van der Waals surface area contributed by atoms with E-state index >= 15 is 0 Å². The highest BCUT2D eigenvalue weighted by Crippen LogP contribution is 2.49. The minimum absolute atomic E-state index is 0.178. The Bertz CT molecular complexity index is 788. The molecule has 8 atom stereocenters. The van der Waals surface area contributed by atoms with E-state index in [-0.39, 0.29) is 5.41 Å². The van der Waals surface area contributed by atoms with Crippen molar-refractivity contribution in [2.24, 2.45) is 40.9 Å². The van der Waals surface area contributed by atoms with Gasteiger partial charge in [0.15, 0.2) is 0 Å². The minimum Gasteiger partial charge on any atom is -0.312 e. The zero-order valence-corrected chi connectivity index (χ0v) is 23.0. The van der Waals surface area contributed by atoms with E-state index in [0.29, 0.717) is 30.2 Å². The molecule has 0 aromatic heterocycles. The Balaban J connectivity index is 1.10. The van der Waals surface area contributed by atoms with Crippen LogP contribution in [0.15, 0.2) is 0 Å². The van der Waals surface area contributed by atoms with Crippen LogP contribution in [0.5, 0.6) is 0 Å². The van der Waals surface area contributed by atoms with Gasteiger partial charge in [0.05, 0.1) is 17.6 Å². The van der Waals surface area contributed by atoms with E-state index in [0.717, 1.165) is 49.3 Å². The lowest BCUT2D eigenvalue weighted by atomic mass is 9.60. The molecule has 0 aromatic rings. The second-order valence-electron chi connectivity index (χ2n) is 13.8. The van der Waals surface area contributed by atoms with Gasteiger partial charge < -0.3 is 16.0 Å². The second kappa shape index (κ2) is 10.4. The molecule has 6 fully saturated rings. The molecule has 0 aromatic carbocycles. The van der Waals surface area contributed by atoms with E-state index in [1.807, 2.05) is 0 Å². The number of hydrazine groups is 1. The summed E-state index contributed by atoms with van der Waals surface area (Å²) >= 11 is 0. The van der Waals surface area contributed by atoms with Crippen LogP contribution in [0.1, 0.15) is 71.6 Å². The Labute approximate surface area is 219 Å². The summed E-state index contributed by atoms with van der Waals surface area (Å²) in [5, 5.41) is 23.6. The third-order valence-corrected chi connectivity index (χ3v) is 11.7. The molecule has 2 saturated carbocycles. The fraction of sp³-hybridized carbons (Fsp3) is 0.966. The lowest BCUT2D eigenvalue weighted by Gasteiger charge is -2.50. The first-order chi connectivity index (χ1) is 17.4. The number of nitrogens with one attached hydrogen (secondary N) is 4. The number of nitriles is 1. The van der Waals surface area contributed by atoms with Crippen molar-refractivity contribution < 1.29 is 0 Å². The van der Waals surface area contributed by atoms with Crippen molar-refractivity contribution in [2.45, 2.75) is 95.9 Å². The number of nitrogens with zero attached hydrogens (tertiary/aromatic N) is 3. The molecule has 6 aliphatic rings. The van der Waals surface area contributed by atoms with Crippen molar-refractivity contribution in [3.05, 3.63) is 0 Å². The van der Waals surface area contributed by atoms with Crippen molar-refractivity contribution in [1.82, 2.24) is 31.3 Å². The predicted octanol–water partition coefficient (Wildman–Crippen LogP) is 2.72. The Kier molecular flexibility index (Phi) is 7.40. The topological polar surface area (TPSA) is 78.4 Å². The van der Waals surface area contributed by atoms with Gasteiger partial charge in [-0.3, -0.25) is 10.3 Å². The molecule has 4 saturated heterocycles. The molecule has 6 rings (SSSR count). The highest BCUT2D eigenvalue weighted by Gasteiger charge is 2.53. The van der Waals surface area contributed by atoms with Crippen LogP contribution < -0.4 is 21.4 Å². The van der Waals surface area contributed by atoms with Gasteiger partial charge >= 0.3 is 0 Å². The Morgan fingerprint density at radius 2 is 1.67 bits per heavy atom. The standard InChI is InChI=1S/C29H51N7/c1-29(2,17-30)22-8-4-19(5-9-22)28-27-23-14-20(6-10-24(23)32-16-25(27)35(3)34-28)21-7-11-26(33-15-21)36-13-12-31-18-36/h19-28,31-34H,4-16,18H2,1-3H3. The molecule has 0 bridgehead atoms. The Hall–Kier alpha value is -0.750. The first-order valence-corrected chi connectivity index (χ1v) is 15.3. The molecule has 7 nitrogen and oxygen atoms in total. The summed E-state index contributed by atoms with van der Waals surface area (Å²) in [6.07, 6.45) is 12.5. The molecule has 4 aliphatic heterocycles. The van der Waals surface area contributed by atoms with E-state index in [1.165, 1.54) is 70.9 Å². The number of likely N-dealkylation sites (N-methyl/N-ethyl adjacent to an activating group) is 1. The van der Waals surface area contributed by atoms with E-state index < -0.39 is 0 Å². The van der Waals surface area contributed by atoms with E-state index in [2.05, 4.69) is 58.2 Å². The van der Waals surface area contributed by atoms with Gasteiger partial charge in [-0.05, 0) is 114 Å². The smallest absolute Gasteiger partial charge is 0.0686 e. The maximum absolute atomic E-state index is 9.66. The third-order valence-electron chi connectivity index (χ3n) is 11.7. The molecule has 4 heterocycles. The maximum Gasteiger partial charge on any atom is 0.0686 e. The van der Waals surface area contributed by atoms with Crippen molar-refractivity contribution >= 4 is 0 Å². The van der Waals surface area contributed by atoms with E-state index in [1.54, 1.807) is 0 Å². The molecule has 7 heteroatoms. The molecule has 4 N–H and O–H groups in total. The minimum atomic E-state index is -0.178. The summed E-state index contributed by atoms with van der Waals surface area (Å²) in [6.45, 7) is 10.1. The molecule has 0 spiro atoms. The van der Waals surface area contributed by atoms with Crippen LogP contribution in [-0.2, 0) is 0 Å². The largest absolute Gasteiger partial charge is 0.312 e. The van der Waals surface area contributed by atoms with Gasteiger partial charge in [-0.25, -0.2) is 5.01 Å². The van der Waals surface area contributed by atoms with Crippen molar-refractivity contribution in [1.29, 1.82) is 5.26 Å². The van der Waals surface area contributed by atoms with Gasteiger partial charge in [-0.2, -0.15) is 5.26 Å². The monoisotopic (exact) mass is 497 g/mol. The van der Waals surface area contributed by atoms with Crippen LogP contribution in [0.2, 0.25) is 0 Å². The highest BCUT2D eigenvalue weighted by molar-refractivity contribution is 5.08. The van der Waals surface area contributed by atoms with Crippen molar-refractivity contribution in [3.63, 3.8) is 0 Å². The maximum atomic E-state index is 9.66. The molecule has 2 aliphatic carbocycles. The van der Waals surface area contributed by atoms with Gasteiger partial charge in [0.2, 0.25) is 0 Å². The van der Waals surface area contributed by atoms with Crippen LogP contribution in [0, 0.1) is 52.3 Å². The SMILES string of the molecule is CN1NC(C2CCC(C(C)(C)C#N)CC2)C2C3CC(C4CCC(N5CCNC5)NC4)CCC3NCC21. The molecule has 0 radical (unpaired) electrons. The second-order valence-corrected chi connectivity index (χ2v) is 13.8. The average molecular weight is 498 g/mol. The third kappa shape index (κ3) is 4.76. The summed E-state index contributed by atoms with van der Waals surface area (Å²) in [5.41, 5.74) is 3.82. The highest BCUT2D eigenvalue weighted by atomic mass is 15.6. The average Bonchev–Trinajstić information content (AvgIpc) is 3.57. The van der Waals surface area contributed by atoms with Crippen molar-refractivity contribution in [3.8, 4) is 6.07 Å². The van der Waals surface area contributed by atoms with Crippen LogP contribution in [0.3, 0.4) is 0 Å². The summed E-state index contributed by atoms with van der Waals surface area (Å²) in [4.78, 5) is 2.60. The van der Waals surface area contributed by atoms with Gasteiger partial charge in [-0.1, -0.05) is 0 Å². The number of fused-ring (bicyclic) bond motifs is 3. The normalized spacial score (nSPS) is 46.7. The lowest BCUT2D eigenvalue weighted by molar-refractivity contribution is 0.0308. The van der Waals surface area contributed by atoms with Gasteiger partial charge in [0.1, 0.15) is 0 Å². The molecule has 36 heavy (non-hydrogen) atoms. The first-order valence-electron chi connectivity index (χ1n) is 15.3. The number of hydrogen-bond acceptors (Lipinski definition) is 7. The van der Waals surface area contributed by atoms with E-state index in [4.69, 9.17) is 0 Å². The molecular weight excluding hydrogens is 446 g/mol. The summed E-state index contributed by atoms with van der Waals surface area (Å²) in [7, 11) is 2.29. The molecule has 0 amide bonds. The molecular formula is C29H51N7. The summed E-state index contributed by atoms with van der Waals surface area (Å²) < 4.78 is 0. The number of piperidine rings is 2. The molecule has 202 valence electrons. The van der Waals surface area contributed by atoms with Gasteiger partial charge in [-0.15, -0.1) is 0 Å². The summed E-state index contributed by atoms with van der Waals surface area (Å²) in [5.74, 6) is 4.64. The zero-order valence-electron chi connectivity index (χ0n) is 23.0. The van der Waals surface area contributed by atoms with Gasteiger partial charge in [0.25, 0.3) is 0 Å². The van der Waals surface area contributed by atoms with Crippen LogP contribution in [-0.4, -0.2) is 74.1 Å². The Morgan fingerprint density at radius 1 is 0.889 bits per heavy atom. The van der Waals surface area contributed by atoms with E-state index in [9.17, 15) is 5.26 Å². The fourth-order valence-electron chi connectivity index (χ4n) is 9.44. The Morgan fingerprint density at radius 3 is 2.36 bits per heavy atom. The quantitative estimate of drug-likeness (QED) is 0.476. The van der Waals surface area contributed by atoms with Crippen molar-refractivity contribution in [2.75, 3.05) is 39.9 Å². The first kappa shape index (κ1) is 25.5.